The summed E-state index contributed by atoms with van der Waals surface area (Å²) in [6.45, 7) is 3.06. The maximum Gasteiger partial charge on any atom is 0.308 e. The van der Waals surface area contributed by atoms with Gasteiger partial charge in [-0.05, 0) is 19.1 Å². The van der Waals surface area contributed by atoms with Crippen LogP contribution in [0.1, 0.15) is 24.2 Å². The first kappa shape index (κ1) is 14.2. The summed E-state index contributed by atoms with van der Waals surface area (Å²) >= 11 is 0. The van der Waals surface area contributed by atoms with Crippen molar-refractivity contribution in [3.8, 4) is 0 Å². The van der Waals surface area contributed by atoms with Gasteiger partial charge in [0.25, 0.3) is 0 Å². The Kier molecular flexibility index (Phi) is 4.42. The summed E-state index contributed by atoms with van der Waals surface area (Å²) in [6, 6.07) is 4.32. The first-order chi connectivity index (χ1) is 8.34. The predicted molar refractivity (Wildman–Crippen MR) is 66.5 cm³/mol. The quantitative estimate of drug-likeness (QED) is 0.817. The van der Waals surface area contributed by atoms with Crippen molar-refractivity contribution in [3.63, 3.8) is 0 Å². The molecule has 0 bridgehead atoms. The number of Topliss-reactive ketones (excluding diaryl/α,β-unsaturated/α-hetero) is 1. The average molecular weight is 253 g/mol. The van der Waals surface area contributed by atoms with E-state index < -0.39 is 17.7 Å². The first-order valence-corrected chi connectivity index (χ1v) is 5.58. The lowest BCUT2D eigenvalue weighted by molar-refractivity contribution is -0.140. The Bertz CT molecular complexity index is 473. The first-order valence-electron chi connectivity index (χ1n) is 5.58. The van der Waals surface area contributed by atoms with E-state index in [0.717, 1.165) is 0 Å². The van der Waals surface area contributed by atoms with Gasteiger partial charge in [-0.1, -0.05) is 13.0 Å². The maximum atomic E-state index is 13.6. The Hall–Kier alpha value is -1.91. The largest absolute Gasteiger partial charge is 0.481 e. The molecule has 0 spiro atoms. The lowest BCUT2D eigenvalue weighted by atomic mass is 10.1. The van der Waals surface area contributed by atoms with Gasteiger partial charge in [-0.3, -0.25) is 9.59 Å². The van der Waals surface area contributed by atoms with E-state index in [1.54, 1.807) is 24.9 Å². The average Bonchev–Trinajstić information content (AvgIpc) is 2.27. The number of carbonyl (C=O) groups is 2. The number of rotatable bonds is 5. The van der Waals surface area contributed by atoms with Crippen LogP contribution in [-0.2, 0) is 4.79 Å². The van der Waals surface area contributed by atoms with Gasteiger partial charge in [0, 0.05) is 13.6 Å². The van der Waals surface area contributed by atoms with Crippen LogP contribution in [0.2, 0.25) is 0 Å². The minimum Gasteiger partial charge on any atom is -0.481 e. The zero-order chi connectivity index (χ0) is 13.9. The number of nitrogens with zero attached hydrogens (tertiary/aromatic N) is 1. The molecular formula is C13H16FNO3. The molecule has 4 nitrogen and oxygen atoms in total. The number of carboxylic acid groups (broad SMARTS) is 1. The van der Waals surface area contributed by atoms with Crippen molar-refractivity contribution in [3.05, 3.63) is 29.6 Å². The Morgan fingerprint density at radius 3 is 2.56 bits per heavy atom. The monoisotopic (exact) mass is 253 g/mol. The van der Waals surface area contributed by atoms with Crippen LogP contribution in [-0.4, -0.2) is 30.5 Å². The van der Waals surface area contributed by atoms with Crippen LogP contribution in [0.25, 0.3) is 0 Å². The molecule has 1 atom stereocenters. The Morgan fingerprint density at radius 1 is 1.44 bits per heavy atom. The van der Waals surface area contributed by atoms with E-state index in [2.05, 4.69) is 0 Å². The van der Waals surface area contributed by atoms with Crippen molar-refractivity contribution in [2.75, 3.05) is 18.5 Å². The third-order valence-corrected chi connectivity index (χ3v) is 2.72. The Balaban J connectivity index is 3.06. The fraction of sp³-hybridized carbons (Fsp3) is 0.385. The van der Waals surface area contributed by atoms with Crippen molar-refractivity contribution in [1.29, 1.82) is 0 Å². The molecule has 1 N–H and O–H groups in total. The summed E-state index contributed by atoms with van der Waals surface area (Å²) in [7, 11) is 1.64. The van der Waals surface area contributed by atoms with Gasteiger partial charge in [0.05, 0.1) is 17.2 Å². The van der Waals surface area contributed by atoms with E-state index in [1.807, 2.05) is 0 Å². The van der Waals surface area contributed by atoms with Gasteiger partial charge in [-0.2, -0.15) is 0 Å². The smallest absolute Gasteiger partial charge is 0.308 e. The van der Waals surface area contributed by atoms with E-state index in [4.69, 9.17) is 5.11 Å². The number of benzene rings is 1. The van der Waals surface area contributed by atoms with Crippen molar-refractivity contribution < 1.29 is 19.1 Å². The molecular weight excluding hydrogens is 237 g/mol. The van der Waals surface area contributed by atoms with Gasteiger partial charge in [-0.15, -0.1) is 0 Å². The van der Waals surface area contributed by atoms with Crippen molar-refractivity contribution in [1.82, 2.24) is 0 Å². The molecule has 5 heteroatoms. The van der Waals surface area contributed by atoms with Gasteiger partial charge in [0.15, 0.2) is 5.78 Å². The van der Waals surface area contributed by atoms with Gasteiger partial charge in [0.1, 0.15) is 5.82 Å². The summed E-state index contributed by atoms with van der Waals surface area (Å²) in [5.41, 5.74) is 0.410. The van der Waals surface area contributed by atoms with Crippen molar-refractivity contribution in [2.45, 2.75) is 13.8 Å². The van der Waals surface area contributed by atoms with Gasteiger partial charge in [-0.25, -0.2) is 4.39 Å². The number of hydrogen-bond donors (Lipinski definition) is 1. The minimum atomic E-state index is -0.928. The van der Waals surface area contributed by atoms with Crippen LogP contribution in [0, 0.1) is 11.7 Å². The zero-order valence-corrected chi connectivity index (χ0v) is 10.6. The molecule has 0 aliphatic carbocycles. The molecule has 0 fully saturated rings. The fourth-order valence-corrected chi connectivity index (χ4v) is 1.77. The molecule has 1 aromatic carbocycles. The normalized spacial score (nSPS) is 12.0. The molecule has 0 saturated heterocycles. The third kappa shape index (κ3) is 3.06. The number of carboxylic acids is 1. The summed E-state index contributed by atoms with van der Waals surface area (Å²) in [4.78, 5) is 23.8. The highest BCUT2D eigenvalue weighted by Crippen LogP contribution is 2.23. The van der Waals surface area contributed by atoms with Crippen molar-refractivity contribution >= 4 is 17.4 Å². The summed E-state index contributed by atoms with van der Waals surface area (Å²) in [6.07, 6.45) is 0. The topological polar surface area (TPSA) is 57.6 Å². The summed E-state index contributed by atoms with van der Waals surface area (Å²) in [5.74, 6) is -2.49. The van der Waals surface area contributed by atoms with Crippen LogP contribution in [0.5, 0.6) is 0 Å². The second kappa shape index (κ2) is 5.62. The van der Waals surface area contributed by atoms with E-state index in [9.17, 15) is 14.0 Å². The molecule has 0 heterocycles. The standard InChI is InChI=1S/C13H16FNO3/c1-8(13(17)18)7-15(3)11-6-4-5-10(14)12(11)9(2)16/h4-6,8H,7H2,1-3H3,(H,17,18). The van der Waals surface area contributed by atoms with Crippen LogP contribution in [0.3, 0.4) is 0 Å². The van der Waals surface area contributed by atoms with Gasteiger partial charge in [0.2, 0.25) is 0 Å². The summed E-state index contributed by atoms with van der Waals surface area (Å²) < 4.78 is 13.6. The second-order valence-corrected chi connectivity index (χ2v) is 4.31. The zero-order valence-electron chi connectivity index (χ0n) is 10.6. The molecule has 0 radical (unpaired) electrons. The van der Waals surface area contributed by atoms with E-state index in [-0.39, 0.29) is 17.9 Å². The van der Waals surface area contributed by atoms with E-state index in [0.29, 0.717) is 5.69 Å². The lowest BCUT2D eigenvalue weighted by Crippen LogP contribution is -2.29. The fourth-order valence-electron chi connectivity index (χ4n) is 1.77. The van der Waals surface area contributed by atoms with Crippen molar-refractivity contribution in [2.24, 2.45) is 5.92 Å². The third-order valence-electron chi connectivity index (χ3n) is 2.72. The Labute approximate surface area is 105 Å². The minimum absolute atomic E-state index is 0.00223. The van der Waals surface area contributed by atoms with E-state index in [1.165, 1.54) is 19.1 Å². The molecule has 0 aromatic heterocycles. The molecule has 1 aromatic rings. The molecule has 18 heavy (non-hydrogen) atoms. The molecule has 0 aliphatic rings. The summed E-state index contributed by atoms with van der Waals surface area (Å²) in [5, 5.41) is 8.84. The second-order valence-electron chi connectivity index (χ2n) is 4.31. The molecule has 98 valence electrons. The molecule has 1 unspecified atom stereocenters. The van der Waals surface area contributed by atoms with Crippen LogP contribution in [0.15, 0.2) is 18.2 Å². The number of hydrogen-bond acceptors (Lipinski definition) is 3. The number of ketones is 1. The number of anilines is 1. The molecule has 0 saturated carbocycles. The van der Waals surface area contributed by atoms with Crippen LogP contribution in [0.4, 0.5) is 10.1 Å². The van der Waals surface area contributed by atoms with Crippen LogP contribution >= 0.6 is 0 Å². The predicted octanol–water partition coefficient (Wildman–Crippen LogP) is 2.19. The van der Waals surface area contributed by atoms with Gasteiger partial charge >= 0.3 is 5.97 Å². The maximum absolute atomic E-state index is 13.6. The number of carbonyl (C=O) groups excluding carboxylic acids is 1. The van der Waals surface area contributed by atoms with E-state index >= 15 is 0 Å². The highest BCUT2D eigenvalue weighted by Gasteiger charge is 2.19. The molecule has 0 amide bonds. The molecule has 0 aliphatic heterocycles. The van der Waals surface area contributed by atoms with Crippen LogP contribution < -0.4 is 4.90 Å². The highest BCUT2D eigenvalue weighted by molar-refractivity contribution is 6.00. The lowest BCUT2D eigenvalue weighted by Gasteiger charge is -2.23. The van der Waals surface area contributed by atoms with Gasteiger partial charge < -0.3 is 10.0 Å². The molecule has 1 rings (SSSR count). The number of aliphatic carboxylic acids is 1. The SMILES string of the molecule is CC(=O)c1c(F)cccc1N(C)CC(C)C(=O)O. The Morgan fingerprint density at radius 2 is 2.06 bits per heavy atom. The number of halogens is 1. The highest BCUT2D eigenvalue weighted by atomic mass is 19.1.